The highest BCUT2D eigenvalue weighted by atomic mass is 16.7. The van der Waals surface area contributed by atoms with Gasteiger partial charge in [0.25, 0.3) is 0 Å². The van der Waals surface area contributed by atoms with E-state index >= 15 is 0 Å². The molecule has 3 saturated heterocycles. The highest BCUT2D eigenvalue weighted by molar-refractivity contribution is 5.94. The van der Waals surface area contributed by atoms with Crippen LogP contribution in [0.5, 0.6) is 0 Å². The van der Waals surface area contributed by atoms with Crippen LogP contribution in [0.3, 0.4) is 0 Å². The van der Waals surface area contributed by atoms with Gasteiger partial charge in [-0.2, -0.15) is 0 Å². The first-order chi connectivity index (χ1) is 57.9. The number of hydrogen-bond acceptors (Lipinski definition) is 34. The molecule has 1 saturated carbocycles. The number of aryl methyl sites for hydroxylation is 1. The van der Waals surface area contributed by atoms with Gasteiger partial charge in [-0.3, -0.25) is 47.9 Å². The van der Waals surface area contributed by atoms with Gasteiger partial charge < -0.3 is 172 Å². The zero-order valence-electron chi connectivity index (χ0n) is 69.2. The van der Waals surface area contributed by atoms with Crippen molar-refractivity contribution < 1.29 is 166 Å². The fourth-order valence-electron chi connectivity index (χ4n) is 13.6. The van der Waals surface area contributed by atoms with Crippen molar-refractivity contribution in [2.45, 2.75) is 241 Å². The van der Waals surface area contributed by atoms with Crippen LogP contribution in [0.15, 0.2) is 18.2 Å². The molecule has 1 aromatic rings. The molecule has 692 valence electrons. The van der Waals surface area contributed by atoms with Crippen molar-refractivity contribution >= 4 is 64.8 Å². The molecule has 10 amide bonds. The van der Waals surface area contributed by atoms with Crippen LogP contribution in [-0.4, -0.2) is 380 Å². The van der Waals surface area contributed by atoms with Crippen LogP contribution in [0, 0.1) is 17.8 Å². The molecule has 0 spiro atoms. The van der Waals surface area contributed by atoms with Crippen molar-refractivity contribution in [2.24, 2.45) is 17.8 Å². The molecule has 1 aromatic carbocycles. The van der Waals surface area contributed by atoms with E-state index in [4.69, 9.17) is 52.1 Å². The second kappa shape index (κ2) is 56.7. The van der Waals surface area contributed by atoms with Gasteiger partial charge in [-0.1, -0.05) is 26.8 Å². The third-order valence-electron chi connectivity index (χ3n) is 20.6. The molecule has 23 N–H and O–H groups in total. The Bertz CT molecular complexity index is 3260. The number of aliphatic hydroxyl groups excluding tert-OH is 13. The molecule has 3 heterocycles. The number of ether oxygens (including phenoxy) is 11. The van der Waals surface area contributed by atoms with Crippen LogP contribution < -0.4 is 53.2 Å². The minimum Gasteiger partial charge on any atom is -0.396 e. The largest absolute Gasteiger partial charge is 0.396 e. The summed E-state index contributed by atoms with van der Waals surface area (Å²) in [5.41, 5.74) is 1.92. The Morgan fingerprint density at radius 1 is 0.405 bits per heavy atom. The average Bonchev–Trinajstić information content (AvgIpc) is 0.815. The Balaban J connectivity index is 1.29. The number of carbonyl (C=O) groups excluding carboxylic acids is 10. The molecular weight excluding hydrogens is 1610 g/mol. The Morgan fingerprint density at radius 3 is 1.25 bits per heavy atom. The number of unbranched alkanes of at least 4 members (excludes halogenated alkanes) is 1. The summed E-state index contributed by atoms with van der Waals surface area (Å²) in [4.78, 5) is 135. The van der Waals surface area contributed by atoms with E-state index in [2.05, 4.69) is 53.2 Å². The molecular formula is C77H130N10O34. The Kier molecular flexibility index (Phi) is 49.0. The van der Waals surface area contributed by atoms with E-state index in [-0.39, 0.29) is 176 Å². The second-order valence-electron chi connectivity index (χ2n) is 29.9. The third-order valence-corrected chi connectivity index (χ3v) is 20.6. The lowest BCUT2D eigenvalue weighted by atomic mass is 9.79. The maximum absolute atomic E-state index is 14.7. The van der Waals surface area contributed by atoms with E-state index in [0.29, 0.717) is 17.7 Å². The van der Waals surface area contributed by atoms with Gasteiger partial charge in [0, 0.05) is 102 Å². The molecule has 0 bridgehead atoms. The number of rotatable bonds is 57. The van der Waals surface area contributed by atoms with E-state index in [1.807, 2.05) is 6.92 Å². The maximum atomic E-state index is 14.7. The first-order valence-electron chi connectivity index (χ1n) is 41.1. The van der Waals surface area contributed by atoms with Crippen LogP contribution in [-0.2, 0) is 113 Å². The molecule has 5 rings (SSSR count). The molecule has 1 aliphatic carbocycles. The summed E-state index contributed by atoms with van der Waals surface area (Å²) in [5, 5.41) is 158. The molecule has 4 unspecified atom stereocenters. The van der Waals surface area contributed by atoms with Crippen molar-refractivity contribution in [2.75, 3.05) is 137 Å². The number of nitrogens with one attached hydrogen (secondary N) is 10. The van der Waals surface area contributed by atoms with Gasteiger partial charge in [-0.25, -0.2) is 0 Å². The number of anilines is 1. The summed E-state index contributed by atoms with van der Waals surface area (Å²) in [5.74, 6) is -8.99. The van der Waals surface area contributed by atoms with Gasteiger partial charge in [0.05, 0.1) is 136 Å². The molecule has 4 fully saturated rings. The average molecular weight is 1740 g/mol. The second-order valence-corrected chi connectivity index (χ2v) is 29.9. The number of hydrogen-bond donors (Lipinski definition) is 23. The fraction of sp³-hybridized carbons (Fsp3) is 0.792. The smallest absolute Gasteiger partial charge is 0.243 e. The van der Waals surface area contributed by atoms with Gasteiger partial charge in [-0.15, -0.1) is 0 Å². The Labute approximate surface area is 701 Å². The summed E-state index contributed by atoms with van der Waals surface area (Å²) in [7, 11) is 0. The van der Waals surface area contributed by atoms with Crippen molar-refractivity contribution in [3.63, 3.8) is 0 Å². The van der Waals surface area contributed by atoms with Crippen molar-refractivity contribution in [3.05, 3.63) is 29.3 Å². The van der Waals surface area contributed by atoms with E-state index in [1.165, 1.54) is 13.8 Å². The summed E-state index contributed by atoms with van der Waals surface area (Å²) in [6.45, 7) is 3.40. The van der Waals surface area contributed by atoms with Gasteiger partial charge in [-0.05, 0) is 68.2 Å². The Morgan fingerprint density at radius 2 is 0.793 bits per heavy atom. The van der Waals surface area contributed by atoms with Crippen molar-refractivity contribution in [3.8, 4) is 0 Å². The van der Waals surface area contributed by atoms with Crippen LogP contribution in [0.4, 0.5) is 5.69 Å². The zero-order valence-corrected chi connectivity index (χ0v) is 69.2. The molecule has 3 aliphatic heterocycles. The van der Waals surface area contributed by atoms with E-state index in [0.717, 1.165) is 5.56 Å². The first kappa shape index (κ1) is 105. The maximum Gasteiger partial charge on any atom is 0.243 e. The molecule has 4 aliphatic rings. The van der Waals surface area contributed by atoms with Crippen LogP contribution in [0.2, 0.25) is 0 Å². The minimum absolute atomic E-state index is 0.00541. The summed E-state index contributed by atoms with van der Waals surface area (Å²) >= 11 is 0. The molecule has 0 aromatic heterocycles. The number of aliphatic hydroxyl groups is 13. The molecule has 44 heteroatoms. The van der Waals surface area contributed by atoms with Crippen molar-refractivity contribution in [1.29, 1.82) is 0 Å². The molecule has 44 nitrogen and oxygen atoms in total. The normalized spacial score (nSPS) is 27.4. The lowest BCUT2D eigenvalue weighted by molar-refractivity contribution is -0.284. The molecule has 23 atom stereocenters. The van der Waals surface area contributed by atoms with Gasteiger partial charge in [0.2, 0.25) is 59.1 Å². The van der Waals surface area contributed by atoms with Crippen LogP contribution in [0.25, 0.3) is 0 Å². The SMILES string of the molecule is CCc1cc(CO)cc(NC(=O)CCCCC(=O)N[C@H](CCC(=O)N[C@H](CCC(=O)NCCOCCOC2C[C@H](CO)[C@H](O)[C@H](O)[C@H]2NC(C)=O)C(=O)NCCOCCOC2O[C@H](CO)[C@H](O)[C@H](O)[C@H]2NC(C)=O)C(=O)N[C@H](CCC(=O)NCCOCCOC2O[C@H](CO)[C@H](O)[C@H](O)[C@H]2C)C(=O)NCCOCCOC2O[C@H](CO)[C@H](O)[C@H](O)[C@H]2C)c1. The lowest BCUT2D eigenvalue weighted by Gasteiger charge is -2.42. The predicted molar refractivity (Wildman–Crippen MR) is 419 cm³/mol. The summed E-state index contributed by atoms with van der Waals surface area (Å²) in [6.07, 6.45) is -20.5. The van der Waals surface area contributed by atoms with E-state index in [1.54, 1.807) is 32.0 Å². The standard InChI is InChI=1S/C77H130N10O34/c1-6-46-33-47(37-88)35-49(34-46)84-59(97)9-7-8-10-60(98)86-52(74(110)87-51(73(109)81-20-24-113-27-31-117-76-43(3)65(101)68(104)55(40-91)120-76)12-15-58(96)79-18-22-112-26-30-116-75-42(2)64(100)67(103)54(39-90)119-75)13-16-61(99)85-50(72(108)80-19-23-114-28-32-118-77-63(83-45(5)94)71(107)69(105)56(41-92)121-77)11-14-57(95)78-17-21-111-25-29-115-53-36-48(38-89)66(102)70(106)62(53)82-44(4)93/h33-35,42-43,48,50-56,62-71,75-77,88-92,100-107H,6-32,36-41H2,1-5H3,(H,78,95)(H,79,96)(H,80,108)(H,81,109)(H,82,93)(H,83,94)(H,84,97)(H,85,99)(H,86,98)(H,87,110)/t42-,43-,48-,50-,51-,52-,53?,54-,55-,56-,62+,63-,64-,65-,66+,67+,68+,69+,70-,71-,75?,76?,77?/m1/s1. The van der Waals surface area contributed by atoms with Crippen LogP contribution >= 0.6 is 0 Å². The number of amides is 10. The molecule has 0 radical (unpaired) electrons. The summed E-state index contributed by atoms with van der Waals surface area (Å²) in [6, 6.07) is -1.63. The first-order valence-corrected chi connectivity index (χ1v) is 41.1. The summed E-state index contributed by atoms with van der Waals surface area (Å²) < 4.78 is 62.2. The third kappa shape index (κ3) is 36.6. The van der Waals surface area contributed by atoms with E-state index in [9.17, 15) is 114 Å². The molecule has 121 heavy (non-hydrogen) atoms. The quantitative estimate of drug-likeness (QED) is 0.0269. The Hall–Kier alpha value is -7.04. The lowest BCUT2D eigenvalue weighted by Crippen LogP contribution is -2.64. The highest BCUT2D eigenvalue weighted by Gasteiger charge is 2.48. The van der Waals surface area contributed by atoms with Gasteiger partial charge >= 0.3 is 0 Å². The number of benzene rings is 1. The predicted octanol–water partition coefficient (Wildman–Crippen LogP) is -8.67. The zero-order chi connectivity index (χ0) is 89.1. The van der Waals surface area contributed by atoms with Crippen molar-refractivity contribution in [1.82, 2.24) is 47.9 Å². The highest BCUT2D eigenvalue weighted by Crippen LogP contribution is 2.31. The number of carbonyl (C=O) groups is 10. The van der Waals surface area contributed by atoms with Gasteiger partial charge in [0.15, 0.2) is 18.9 Å². The monoisotopic (exact) mass is 1740 g/mol. The fourth-order valence-corrected chi connectivity index (χ4v) is 13.6. The van der Waals surface area contributed by atoms with E-state index < -0.39 is 233 Å². The van der Waals surface area contributed by atoms with Gasteiger partial charge in [0.1, 0.15) is 73.0 Å². The van der Waals surface area contributed by atoms with Crippen LogP contribution in [0.1, 0.15) is 116 Å². The topological polar surface area (TPSA) is 656 Å². The minimum atomic E-state index is -1.62.